The standard InChI is InChI=1S/C23H25FN2O3/c1-3-28-13-5-12-25-23(27)17-8-11-20-19(14-17)22(29-4-2)15-21(26-20)16-6-9-18(24)10-7-16/h6-11,14-15H,3-5,12-13H2,1-2H3,(H,25,27). The van der Waals surface area contributed by atoms with Gasteiger partial charge in [0.05, 0.1) is 17.8 Å². The summed E-state index contributed by atoms with van der Waals surface area (Å²) < 4.78 is 24.3. The minimum absolute atomic E-state index is 0.145. The van der Waals surface area contributed by atoms with E-state index in [0.29, 0.717) is 48.9 Å². The van der Waals surface area contributed by atoms with Crippen LogP contribution >= 0.6 is 0 Å². The molecule has 0 bridgehead atoms. The van der Waals surface area contributed by atoms with Gasteiger partial charge < -0.3 is 14.8 Å². The number of carbonyl (C=O) groups excluding carboxylic acids is 1. The van der Waals surface area contributed by atoms with Gasteiger partial charge in [0, 0.05) is 42.3 Å². The number of fused-ring (bicyclic) bond motifs is 1. The van der Waals surface area contributed by atoms with E-state index in [9.17, 15) is 9.18 Å². The lowest BCUT2D eigenvalue weighted by atomic mass is 10.1. The number of hydrogen-bond acceptors (Lipinski definition) is 4. The Morgan fingerprint density at radius 2 is 1.86 bits per heavy atom. The van der Waals surface area contributed by atoms with Crippen molar-refractivity contribution in [1.29, 1.82) is 0 Å². The van der Waals surface area contributed by atoms with Crippen LogP contribution in [0.1, 0.15) is 30.6 Å². The van der Waals surface area contributed by atoms with Crippen molar-refractivity contribution in [3.8, 4) is 17.0 Å². The van der Waals surface area contributed by atoms with Gasteiger partial charge in [0.2, 0.25) is 0 Å². The number of nitrogens with zero attached hydrogens (tertiary/aromatic N) is 1. The van der Waals surface area contributed by atoms with Crippen LogP contribution in [0.2, 0.25) is 0 Å². The van der Waals surface area contributed by atoms with Crippen molar-refractivity contribution >= 4 is 16.8 Å². The summed E-state index contributed by atoms with van der Waals surface area (Å²) in [6.45, 7) is 6.18. The number of carbonyl (C=O) groups is 1. The van der Waals surface area contributed by atoms with Crippen LogP contribution in [0.4, 0.5) is 4.39 Å². The van der Waals surface area contributed by atoms with E-state index in [4.69, 9.17) is 9.47 Å². The number of aromatic nitrogens is 1. The summed E-state index contributed by atoms with van der Waals surface area (Å²) >= 11 is 0. The second kappa shape index (κ2) is 9.98. The third kappa shape index (κ3) is 5.29. The molecule has 5 nitrogen and oxygen atoms in total. The zero-order chi connectivity index (χ0) is 20.6. The molecule has 0 saturated carbocycles. The summed E-state index contributed by atoms with van der Waals surface area (Å²) in [6.07, 6.45) is 0.764. The number of halogens is 1. The molecule has 3 aromatic rings. The second-order valence-corrected chi connectivity index (χ2v) is 6.48. The highest BCUT2D eigenvalue weighted by molar-refractivity contribution is 5.99. The van der Waals surface area contributed by atoms with Gasteiger partial charge in [-0.05, 0) is 62.7 Å². The van der Waals surface area contributed by atoms with Crippen LogP contribution in [0.25, 0.3) is 22.2 Å². The number of pyridine rings is 1. The highest BCUT2D eigenvalue weighted by Gasteiger charge is 2.12. The Labute approximate surface area is 169 Å². The van der Waals surface area contributed by atoms with Crippen molar-refractivity contribution in [1.82, 2.24) is 10.3 Å². The van der Waals surface area contributed by atoms with Crippen LogP contribution in [0.3, 0.4) is 0 Å². The highest BCUT2D eigenvalue weighted by Crippen LogP contribution is 2.31. The molecule has 0 spiro atoms. The van der Waals surface area contributed by atoms with Crippen LogP contribution in [0.15, 0.2) is 48.5 Å². The van der Waals surface area contributed by atoms with Gasteiger partial charge in [0.15, 0.2) is 0 Å². The Balaban J connectivity index is 1.87. The Kier molecular flexibility index (Phi) is 7.14. The van der Waals surface area contributed by atoms with Gasteiger partial charge in [-0.1, -0.05) is 0 Å². The fourth-order valence-corrected chi connectivity index (χ4v) is 3.00. The van der Waals surface area contributed by atoms with Crippen molar-refractivity contribution in [2.24, 2.45) is 0 Å². The van der Waals surface area contributed by atoms with Crippen LogP contribution < -0.4 is 10.1 Å². The Morgan fingerprint density at radius 3 is 2.59 bits per heavy atom. The number of amides is 1. The van der Waals surface area contributed by atoms with E-state index in [2.05, 4.69) is 10.3 Å². The minimum Gasteiger partial charge on any atom is -0.493 e. The third-order valence-corrected chi connectivity index (χ3v) is 4.43. The summed E-state index contributed by atoms with van der Waals surface area (Å²) in [5.41, 5.74) is 2.74. The first-order valence-electron chi connectivity index (χ1n) is 9.81. The fourth-order valence-electron chi connectivity index (χ4n) is 3.00. The molecule has 0 aliphatic rings. The fraction of sp³-hybridized carbons (Fsp3) is 0.304. The molecular weight excluding hydrogens is 371 g/mol. The van der Waals surface area contributed by atoms with Crippen molar-refractivity contribution in [3.05, 3.63) is 59.9 Å². The van der Waals surface area contributed by atoms with E-state index < -0.39 is 0 Å². The minimum atomic E-state index is -0.295. The first-order valence-corrected chi connectivity index (χ1v) is 9.81. The normalized spacial score (nSPS) is 10.9. The van der Waals surface area contributed by atoms with Crippen LogP contribution in [0, 0.1) is 5.82 Å². The van der Waals surface area contributed by atoms with Gasteiger partial charge in [0.25, 0.3) is 5.91 Å². The van der Waals surface area contributed by atoms with Crippen LogP contribution in [-0.2, 0) is 4.74 Å². The molecule has 1 amide bonds. The van der Waals surface area contributed by atoms with E-state index in [1.54, 1.807) is 30.3 Å². The molecular formula is C23H25FN2O3. The molecule has 29 heavy (non-hydrogen) atoms. The monoisotopic (exact) mass is 396 g/mol. The van der Waals surface area contributed by atoms with E-state index >= 15 is 0 Å². The molecule has 0 atom stereocenters. The van der Waals surface area contributed by atoms with E-state index in [1.807, 2.05) is 19.9 Å². The quantitative estimate of drug-likeness (QED) is 0.537. The SMILES string of the molecule is CCOCCCNC(=O)c1ccc2nc(-c3ccc(F)cc3)cc(OCC)c2c1. The summed E-state index contributed by atoms with van der Waals surface area (Å²) in [5.74, 6) is 0.202. The average molecular weight is 396 g/mol. The molecule has 0 aliphatic heterocycles. The maximum Gasteiger partial charge on any atom is 0.251 e. The first kappa shape index (κ1) is 20.7. The lowest BCUT2D eigenvalue weighted by Crippen LogP contribution is -2.25. The van der Waals surface area contributed by atoms with Gasteiger partial charge >= 0.3 is 0 Å². The summed E-state index contributed by atoms with van der Waals surface area (Å²) in [6, 6.07) is 13.3. The van der Waals surface area contributed by atoms with E-state index in [0.717, 1.165) is 17.4 Å². The molecule has 3 rings (SSSR count). The van der Waals surface area contributed by atoms with E-state index in [1.165, 1.54) is 12.1 Å². The predicted octanol–water partition coefficient (Wildman–Crippen LogP) is 4.60. The largest absolute Gasteiger partial charge is 0.493 e. The molecule has 0 unspecified atom stereocenters. The summed E-state index contributed by atoms with van der Waals surface area (Å²) in [5, 5.41) is 3.66. The van der Waals surface area contributed by atoms with E-state index in [-0.39, 0.29) is 11.7 Å². The van der Waals surface area contributed by atoms with Gasteiger partial charge in [-0.3, -0.25) is 4.79 Å². The van der Waals surface area contributed by atoms with Crippen molar-refractivity contribution in [2.75, 3.05) is 26.4 Å². The molecule has 1 aromatic heterocycles. The summed E-state index contributed by atoms with van der Waals surface area (Å²) in [7, 11) is 0. The smallest absolute Gasteiger partial charge is 0.251 e. The van der Waals surface area contributed by atoms with Crippen molar-refractivity contribution in [2.45, 2.75) is 20.3 Å². The maximum atomic E-state index is 13.2. The Morgan fingerprint density at radius 1 is 1.07 bits per heavy atom. The molecule has 0 radical (unpaired) electrons. The van der Waals surface area contributed by atoms with Crippen molar-refractivity contribution in [3.63, 3.8) is 0 Å². The molecule has 6 heteroatoms. The Bertz CT molecular complexity index is 974. The number of rotatable bonds is 9. The van der Waals surface area contributed by atoms with Crippen molar-refractivity contribution < 1.29 is 18.7 Å². The van der Waals surface area contributed by atoms with Gasteiger partial charge in [-0.25, -0.2) is 9.37 Å². The van der Waals surface area contributed by atoms with Gasteiger partial charge in [0.1, 0.15) is 11.6 Å². The molecule has 1 N–H and O–H groups in total. The lowest BCUT2D eigenvalue weighted by Gasteiger charge is -2.12. The number of ether oxygens (including phenoxy) is 2. The maximum absolute atomic E-state index is 13.2. The average Bonchev–Trinajstić information content (AvgIpc) is 2.74. The molecule has 0 fully saturated rings. The summed E-state index contributed by atoms with van der Waals surface area (Å²) in [4.78, 5) is 17.1. The second-order valence-electron chi connectivity index (χ2n) is 6.48. The highest BCUT2D eigenvalue weighted by atomic mass is 19.1. The zero-order valence-corrected chi connectivity index (χ0v) is 16.7. The third-order valence-electron chi connectivity index (χ3n) is 4.43. The predicted molar refractivity (Wildman–Crippen MR) is 112 cm³/mol. The molecule has 1 heterocycles. The van der Waals surface area contributed by atoms with Gasteiger partial charge in [-0.15, -0.1) is 0 Å². The molecule has 2 aromatic carbocycles. The zero-order valence-electron chi connectivity index (χ0n) is 16.7. The lowest BCUT2D eigenvalue weighted by molar-refractivity contribution is 0.0944. The van der Waals surface area contributed by atoms with Gasteiger partial charge in [-0.2, -0.15) is 0 Å². The molecule has 152 valence electrons. The number of benzene rings is 2. The van der Waals surface area contributed by atoms with Crippen LogP contribution in [0.5, 0.6) is 5.75 Å². The number of hydrogen-bond donors (Lipinski definition) is 1. The molecule has 0 aliphatic carbocycles. The molecule has 0 saturated heterocycles. The number of nitrogens with one attached hydrogen (secondary N) is 1. The Hall–Kier alpha value is -2.99. The van der Waals surface area contributed by atoms with Crippen LogP contribution in [-0.4, -0.2) is 37.3 Å². The topological polar surface area (TPSA) is 60.5 Å². The first-order chi connectivity index (χ1) is 14.1.